The molecule has 3 N–H and O–H groups in total. The highest BCUT2D eigenvalue weighted by molar-refractivity contribution is 5.91. The van der Waals surface area contributed by atoms with E-state index in [1.54, 1.807) is 6.92 Å². The van der Waals surface area contributed by atoms with Gasteiger partial charge in [-0.25, -0.2) is 0 Å². The normalized spacial score (nSPS) is 15.3. The van der Waals surface area contributed by atoms with Gasteiger partial charge in [0.05, 0.1) is 11.3 Å². The summed E-state index contributed by atoms with van der Waals surface area (Å²) in [4.78, 5) is 4.11. The van der Waals surface area contributed by atoms with Crippen molar-refractivity contribution in [3.8, 4) is 0 Å². The third-order valence-corrected chi connectivity index (χ3v) is 0.821. The Labute approximate surface area is 67.6 Å². The van der Waals surface area contributed by atoms with Crippen molar-refractivity contribution in [3.05, 3.63) is 11.8 Å². The Morgan fingerprint density at radius 2 is 1.91 bits per heavy atom. The summed E-state index contributed by atoms with van der Waals surface area (Å²) >= 11 is 0. The van der Waals surface area contributed by atoms with Crippen LogP contribution in [0, 0.1) is 0 Å². The molecule has 0 heterocycles. The Balaban J connectivity index is 4.36. The maximum absolute atomic E-state index is 8.82. The van der Waals surface area contributed by atoms with Crippen LogP contribution in [-0.2, 0) is 0 Å². The molecule has 0 saturated carbocycles. The van der Waals surface area contributed by atoms with E-state index in [1.807, 2.05) is 20.8 Å². The fourth-order valence-electron chi connectivity index (χ4n) is 0.634. The van der Waals surface area contributed by atoms with Crippen molar-refractivity contribution in [1.82, 2.24) is 0 Å². The van der Waals surface area contributed by atoms with Gasteiger partial charge in [0.2, 0.25) is 0 Å². The molecule has 3 nitrogen and oxygen atoms in total. The van der Waals surface area contributed by atoms with Crippen LogP contribution in [-0.4, -0.2) is 16.5 Å². The second-order valence-corrected chi connectivity index (χ2v) is 3.49. The number of hydrogen-bond acceptors (Lipinski definition) is 2. The second-order valence-electron chi connectivity index (χ2n) is 3.49. The number of allylic oxidation sites excluding steroid dienone is 1. The number of aliphatic imine (C=N–C) groups is 1. The van der Waals surface area contributed by atoms with Crippen molar-refractivity contribution in [2.24, 2.45) is 10.7 Å². The number of amidine groups is 1. The van der Waals surface area contributed by atoms with Gasteiger partial charge in [-0.2, -0.15) is 0 Å². The molecule has 3 heteroatoms. The molecule has 0 saturated heterocycles. The Hall–Kier alpha value is -0.990. The molecule has 0 atom stereocenters. The fourth-order valence-corrected chi connectivity index (χ4v) is 0.634. The molecule has 0 aliphatic heterocycles. The van der Waals surface area contributed by atoms with Gasteiger partial charge in [0, 0.05) is 6.08 Å². The molecule has 0 aromatic heterocycles. The lowest BCUT2D eigenvalue weighted by Gasteiger charge is -2.11. The van der Waals surface area contributed by atoms with Crippen molar-refractivity contribution in [2.45, 2.75) is 33.2 Å². The molecule has 0 aliphatic rings. The van der Waals surface area contributed by atoms with Crippen LogP contribution < -0.4 is 5.73 Å². The zero-order chi connectivity index (χ0) is 9.07. The van der Waals surface area contributed by atoms with E-state index in [0.717, 1.165) is 0 Å². The largest absolute Gasteiger partial charge is 0.512 e. The summed E-state index contributed by atoms with van der Waals surface area (Å²) in [6, 6.07) is 0. The van der Waals surface area contributed by atoms with E-state index in [9.17, 15) is 0 Å². The predicted molar refractivity (Wildman–Crippen MR) is 47.8 cm³/mol. The highest BCUT2D eigenvalue weighted by atomic mass is 16.3. The lowest BCUT2D eigenvalue weighted by atomic mass is 10.1. The average Bonchev–Trinajstić information content (AvgIpc) is 1.53. The van der Waals surface area contributed by atoms with Gasteiger partial charge >= 0.3 is 0 Å². The number of aliphatic hydroxyl groups is 1. The Morgan fingerprint density at radius 1 is 1.45 bits per heavy atom. The number of nitrogens with two attached hydrogens (primary N) is 1. The van der Waals surface area contributed by atoms with Gasteiger partial charge in [-0.15, -0.1) is 0 Å². The average molecular weight is 156 g/mol. The highest BCUT2D eigenvalue weighted by Crippen LogP contribution is 2.05. The summed E-state index contributed by atoms with van der Waals surface area (Å²) in [7, 11) is 0. The van der Waals surface area contributed by atoms with Gasteiger partial charge in [0.25, 0.3) is 0 Å². The lowest BCUT2D eigenvalue weighted by Crippen LogP contribution is -2.18. The van der Waals surface area contributed by atoms with Crippen LogP contribution in [0.5, 0.6) is 0 Å². The third kappa shape index (κ3) is 6.90. The monoisotopic (exact) mass is 156 g/mol. The van der Waals surface area contributed by atoms with Crippen LogP contribution >= 0.6 is 0 Å². The van der Waals surface area contributed by atoms with Crippen LogP contribution in [0.15, 0.2) is 16.8 Å². The van der Waals surface area contributed by atoms with Gasteiger partial charge in [0.1, 0.15) is 5.84 Å². The van der Waals surface area contributed by atoms with Crippen molar-refractivity contribution >= 4 is 5.84 Å². The molecule has 0 aromatic rings. The first-order chi connectivity index (χ1) is 4.81. The summed E-state index contributed by atoms with van der Waals surface area (Å²) in [5.41, 5.74) is 5.29. The number of rotatable bonds is 1. The molecule has 0 aliphatic carbocycles. The third-order valence-electron chi connectivity index (χ3n) is 0.821. The molecule has 11 heavy (non-hydrogen) atoms. The molecular weight excluding hydrogens is 140 g/mol. The van der Waals surface area contributed by atoms with Gasteiger partial charge in [-0.05, 0) is 27.7 Å². The molecule has 0 bridgehead atoms. The van der Waals surface area contributed by atoms with E-state index < -0.39 is 0 Å². The number of hydrogen-bond donors (Lipinski definition) is 2. The van der Waals surface area contributed by atoms with E-state index >= 15 is 0 Å². The molecule has 0 radical (unpaired) electrons. The minimum Gasteiger partial charge on any atom is -0.512 e. The minimum atomic E-state index is -0.184. The number of aliphatic hydroxyl groups excluding tert-OH is 1. The van der Waals surface area contributed by atoms with Crippen LogP contribution in [0.25, 0.3) is 0 Å². The smallest absolute Gasteiger partial charge is 0.122 e. The molecule has 0 rings (SSSR count). The molecule has 64 valence electrons. The maximum Gasteiger partial charge on any atom is 0.122 e. The fraction of sp³-hybridized carbons (Fsp3) is 0.625. The first-order valence-electron chi connectivity index (χ1n) is 3.54. The van der Waals surface area contributed by atoms with Gasteiger partial charge in [-0.3, -0.25) is 4.99 Å². The van der Waals surface area contributed by atoms with E-state index in [0.29, 0.717) is 5.84 Å². The maximum atomic E-state index is 8.82. The summed E-state index contributed by atoms with van der Waals surface area (Å²) in [5, 5.41) is 8.82. The molecular formula is C8H16N2O. The van der Waals surface area contributed by atoms with Crippen LogP contribution in [0.2, 0.25) is 0 Å². The van der Waals surface area contributed by atoms with E-state index in [1.165, 1.54) is 6.08 Å². The predicted octanol–water partition coefficient (Wildman–Crippen LogP) is 1.60. The number of nitrogens with zero attached hydrogens (tertiary/aromatic N) is 1. The minimum absolute atomic E-state index is 0.176. The first-order valence-corrected chi connectivity index (χ1v) is 3.54. The SMILES string of the molecule is CC(O)=CC(N)=NC(C)(C)C. The van der Waals surface area contributed by atoms with Crippen molar-refractivity contribution < 1.29 is 5.11 Å². The quantitative estimate of drug-likeness (QED) is 0.344. The summed E-state index contributed by atoms with van der Waals surface area (Å²) in [6.07, 6.45) is 1.44. The first kappa shape index (κ1) is 10.0. The summed E-state index contributed by atoms with van der Waals surface area (Å²) < 4.78 is 0. The summed E-state index contributed by atoms with van der Waals surface area (Å²) in [6.45, 7) is 7.40. The van der Waals surface area contributed by atoms with Crippen molar-refractivity contribution in [2.75, 3.05) is 0 Å². The topological polar surface area (TPSA) is 58.6 Å². The van der Waals surface area contributed by atoms with Crippen LogP contribution in [0.3, 0.4) is 0 Å². The van der Waals surface area contributed by atoms with E-state index in [2.05, 4.69) is 4.99 Å². The molecule has 0 aromatic carbocycles. The Bertz CT molecular complexity index is 183. The van der Waals surface area contributed by atoms with Crippen LogP contribution in [0.4, 0.5) is 0 Å². The highest BCUT2D eigenvalue weighted by Gasteiger charge is 2.06. The van der Waals surface area contributed by atoms with E-state index in [-0.39, 0.29) is 11.3 Å². The lowest BCUT2D eigenvalue weighted by molar-refractivity contribution is 0.415. The molecule has 0 unspecified atom stereocenters. The molecule has 0 amide bonds. The van der Waals surface area contributed by atoms with E-state index in [4.69, 9.17) is 10.8 Å². The zero-order valence-corrected chi connectivity index (χ0v) is 7.55. The molecule has 0 fully saturated rings. The van der Waals surface area contributed by atoms with Crippen molar-refractivity contribution in [3.63, 3.8) is 0 Å². The van der Waals surface area contributed by atoms with Crippen molar-refractivity contribution in [1.29, 1.82) is 0 Å². The second kappa shape index (κ2) is 3.42. The molecule has 0 spiro atoms. The summed E-state index contributed by atoms with van der Waals surface area (Å²) in [5.74, 6) is 0.535. The Morgan fingerprint density at radius 3 is 2.18 bits per heavy atom. The standard InChI is InChI=1S/C8H16N2O/c1-6(11)5-7(9)10-8(2,3)4/h5,11H,1-4H3,(H2,9,10). The zero-order valence-electron chi connectivity index (χ0n) is 7.55. The van der Waals surface area contributed by atoms with Gasteiger partial charge < -0.3 is 10.8 Å². The van der Waals surface area contributed by atoms with Gasteiger partial charge in [0.15, 0.2) is 0 Å². The Kier molecular flexibility index (Phi) is 3.11. The van der Waals surface area contributed by atoms with Gasteiger partial charge in [-0.1, -0.05) is 0 Å². The van der Waals surface area contributed by atoms with Crippen LogP contribution in [0.1, 0.15) is 27.7 Å².